The Hall–Kier alpha value is -2.63. The number of methoxy groups -OCH3 is 1. The van der Waals surface area contributed by atoms with E-state index < -0.39 is 11.8 Å². The lowest BCUT2D eigenvalue weighted by Gasteiger charge is -2.11. The van der Waals surface area contributed by atoms with Gasteiger partial charge in [0.25, 0.3) is 0 Å². The van der Waals surface area contributed by atoms with Crippen LogP contribution in [0.3, 0.4) is 0 Å². The van der Waals surface area contributed by atoms with Crippen LogP contribution in [0.25, 0.3) is 0 Å². The molecular weight excluding hydrogens is 503 g/mol. The minimum atomic E-state index is -0.522. The number of nitrogens with zero attached hydrogens (tertiary/aromatic N) is 3. The fourth-order valence-electron chi connectivity index (χ4n) is 3.58. The lowest BCUT2D eigenvalue weighted by Crippen LogP contribution is -2.17. The van der Waals surface area contributed by atoms with Crippen molar-refractivity contribution in [1.82, 2.24) is 14.8 Å². The third-order valence-electron chi connectivity index (χ3n) is 5.33. The molecule has 0 saturated carbocycles. The summed E-state index contributed by atoms with van der Waals surface area (Å²) in [6.45, 7) is 0.0987. The topological polar surface area (TPSA) is 95.3 Å². The van der Waals surface area contributed by atoms with Gasteiger partial charge in [0.15, 0.2) is 11.0 Å². The van der Waals surface area contributed by atoms with Gasteiger partial charge in [0, 0.05) is 18.0 Å². The molecule has 0 atom stereocenters. The largest absolute Gasteiger partial charge is 0.486 e. The molecule has 0 fully saturated rings. The van der Waals surface area contributed by atoms with Crippen molar-refractivity contribution in [1.29, 1.82) is 0 Å². The summed E-state index contributed by atoms with van der Waals surface area (Å²) in [5.74, 6) is -0.182. The molecule has 34 heavy (non-hydrogen) atoms. The van der Waals surface area contributed by atoms with Crippen LogP contribution < -0.4 is 10.1 Å². The Labute approximate surface area is 208 Å². The number of anilines is 1. The molecule has 8 nitrogen and oxygen atoms in total. The molecule has 3 aromatic rings. The zero-order valence-electron chi connectivity index (χ0n) is 18.5. The van der Waals surface area contributed by atoms with Crippen LogP contribution in [0.4, 0.5) is 9.39 Å². The molecule has 0 unspecified atom stereocenters. The fraction of sp³-hybridized carbons (Fsp3) is 0.364. The minimum Gasteiger partial charge on any atom is -0.486 e. The summed E-state index contributed by atoms with van der Waals surface area (Å²) in [5.41, 5.74) is 1.46. The molecule has 180 valence electrons. The molecule has 0 spiro atoms. The summed E-state index contributed by atoms with van der Waals surface area (Å²) in [7, 11) is 3.11. The van der Waals surface area contributed by atoms with E-state index in [4.69, 9.17) is 21.1 Å². The minimum absolute atomic E-state index is 0.0281. The van der Waals surface area contributed by atoms with Gasteiger partial charge in [-0.25, -0.2) is 9.18 Å². The van der Waals surface area contributed by atoms with Crippen LogP contribution in [0, 0.1) is 5.82 Å². The van der Waals surface area contributed by atoms with Gasteiger partial charge in [0.1, 0.15) is 23.2 Å². The molecule has 2 heterocycles. The van der Waals surface area contributed by atoms with Crippen LogP contribution in [0.2, 0.25) is 5.02 Å². The molecule has 0 radical (unpaired) electrons. The van der Waals surface area contributed by atoms with E-state index in [1.165, 1.54) is 48.4 Å². The van der Waals surface area contributed by atoms with Crippen molar-refractivity contribution in [3.05, 3.63) is 50.9 Å². The number of carbonyl (C=O) groups excluding carboxylic acids is 2. The normalized spacial score (nSPS) is 12.8. The molecule has 12 heteroatoms. The average molecular weight is 525 g/mol. The van der Waals surface area contributed by atoms with Crippen LogP contribution in [-0.2, 0) is 36.0 Å². The fourth-order valence-corrected chi connectivity index (χ4v) is 5.77. The molecule has 1 aliphatic carbocycles. The van der Waals surface area contributed by atoms with E-state index in [9.17, 15) is 14.0 Å². The number of nitrogens with one attached hydrogen (secondary N) is 1. The zero-order chi connectivity index (χ0) is 24.2. The van der Waals surface area contributed by atoms with Crippen molar-refractivity contribution in [3.8, 4) is 5.75 Å². The number of thiophene rings is 1. The van der Waals surface area contributed by atoms with Gasteiger partial charge < -0.3 is 19.4 Å². The number of rotatable bonds is 8. The van der Waals surface area contributed by atoms with Crippen molar-refractivity contribution >= 4 is 51.6 Å². The molecule has 1 amide bonds. The first-order valence-electron chi connectivity index (χ1n) is 10.5. The maximum atomic E-state index is 13.3. The van der Waals surface area contributed by atoms with E-state index >= 15 is 0 Å². The number of hydrogen-bond donors (Lipinski definition) is 1. The third-order valence-corrected chi connectivity index (χ3v) is 7.85. The SMILES string of the molecule is COC(=O)c1c(NC(=O)CSc2nnc(COc3ccc(F)c(Cl)c3)n2C)sc2c1CCCC2. The summed E-state index contributed by atoms with van der Waals surface area (Å²) in [6.07, 6.45) is 3.81. The first-order valence-corrected chi connectivity index (χ1v) is 12.7. The monoisotopic (exact) mass is 524 g/mol. The van der Waals surface area contributed by atoms with Crippen LogP contribution >= 0.6 is 34.7 Å². The highest BCUT2D eigenvalue weighted by Gasteiger charge is 2.27. The number of esters is 1. The van der Waals surface area contributed by atoms with Crippen LogP contribution in [0.5, 0.6) is 5.75 Å². The molecule has 1 aromatic carbocycles. The Balaban J connectivity index is 1.37. The van der Waals surface area contributed by atoms with Gasteiger partial charge in [-0.2, -0.15) is 0 Å². The second-order valence-electron chi connectivity index (χ2n) is 7.57. The summed E-state index contributed by atoms with van der Waals surface area (Å²) in [5, 5.41) is 12.1. The molecule has 1 N–H and O–H groups in total. The number of thioether (sulfide) groups is 1. The van der Waals surface area contributed by atoms with Crippen molar-refractivity contribution in [2.45, 2.75) is 37.4 Å². The van der Waals surface area contributed by atoms with Gasteiger partial charge in [0.05, 0.1) is 23.4 Å². The van der Waals surface area contributed by atoms with Gasteiger partial charge in [-0.15, -0.1) is 21.5 Å². The second kappa shape index (κ2) is 10.7. The standard InChI is InChI=1S/C22H22ClFN4O4S2/c1-28-17(10-32-12-7-8-15(24)14(23)9-12)26-27-22(28)33-11-18(29)25-20-19(21(30)31-2)13-5-3-4-6-16(13)34-20/h7-9H,3-6,10-11H2,1-2H3,(H,25,29). The summed E-state index contributed by atoms with van der Waals surface area (Å²) in [4.78, 5) is 26.1. The first kappa shape index (κ1) is 24.5. The Bertz CT molecular complexity index is 1230. The lowest BCUT2D eigenvalue weighted by atomic mass is 9.95. The highest BCUT2D eigenvalue weighted by molar-refractivity contribution is 7.99. The van der Waals surface area contributed by atoms with Gasteiger partial charge in [-0.3, -0.25) is 4.79 Å². The van der Waals surface area contributed by atoms with Crippen LogP contribution in [0.15, 0.2) is 23.4 Å². The number of aromatic nitrogens is 3. The quantitative estimate of drug-likeness (QED) is 0.338. The molecular formula is C22H22ClFN4O4S2. The molecule has 0 bridgehead atoms. The van der Waals surface area contributed by atoms with E-state index in [1.54, 1.807) is 11.6 Å². The summed E-state index contributed by atoms with van der Waals surface area (Å²) < 4.78 is 25.6. The first-order chi connectivity index (χ1) is 16.4. The Morgan fingerprint density at radius 1 is 1.29 bits per heavy atom. The molecule has 1 aliphatic rings. The second-order valence-corrected chi connectivity index (χ2v) is 10.0. The Morgan fingerprint density at radius 2 is 2.09 bits per heavy atom. The highest BCUT2D eigenvalue weighted by Crippen LogP contribution is 2.38. The number of halogens is 2. The maximum Gasteiger partial charge on any atom is 0.341 e. The predicted molar refractivity (Wildman–Crippen MR) is 128 cm³/mol. The van der Waals surface area contributed by atoms with Gasteiger partial charge in [0.2, 0.25) is 5.91 Å². The number of hydrogen-bond acceptors (Lipinski definition) is 8. The highest BCUT2D eigenvalue weighted by atomic mass is 35.5. The van der Waals surface area contributed by atoms with E-state index in [-0.39, 0.29) is 23.3 Å². The number of amides is 1. The lowest BCUT2D eigenvalue weighted by molar-refractivity contribution is -0.113. The smallest absolute Gasteiger partial charge is 0.341 e. The molecule has 2 aromatic heterocycles. The van der Waals surface area contributed by atoms with Gasteiger partial charge in [-0.1, -0.05) is 23.4 Å². The van der Waals surface area contributed by atoms with Crippen LogP contribution in [-0.4, -0.2) is 39.5 Å². The number of carbonyl (C=O) groups is 2. The van der Waals surface area contributed by atoms with Gasteiger partial charge in [-0.05, 0) is 43.4 Å². The molecule has 0 saturated heterocycles. The molecule has 0 aliphatic heterocycles. The molecule has 4 rings (SSSR count). The summed E-state index contributed by atoms with van der Waals surface area (Å²) in [6, 6.07) is 4.09. The van der Waals surface area contributed by atoms with Crippen molar-refractivity contribution in [2.24, 2.45) is 7.05 Å². The predicted octanol–water partition coefficient (Wildman–Crippen LogP) is 4.64. The Kier molecular flexibility index (Phi) is 7.74. The zero-order valence-corrected chi connectivity index (χ0v) is 20.9. The van der Waals surface area contributed by atoms with E-state index in [0.29, 0.717) is 27.3 Å². The summed E-state index contributed by atoms with van der Waals surface area (Å²) >= 11 is 8.43. The maximum absolute atomic E-state index is 13.3. The van der Waals surface area contributed by atoms with E-state index in [1.807, 2.05) is 0 Å². The number of aryl methyl sites for hydroxylation is 1. The van der Waals surface area contributed by atoms with E-state index in [0.717, 1.165) is 36.1 Å². The van der Waals surface area contributed by atoms with Crippen molar-refractivity contribution < 1.29 is 23.5 Å². The van der Waals surface area contributed by atoms with Crippen LogP contribution in [0.1, 0.15) is 39.5 Å². The number of fused-ring (bicyclic) bond motifs is 1. The number of benzene rings is 1. The van der Waals surface area contributed by atoms with Crippen molar-refractivity contribution in [2.75, 3.05) is 18.2 Å². The third kappa shape index (κ3) is 5.37. The Morgan fingerprint density at radius 3 is 2.85 bits per heavy atom. The number of ether oxygens (including phenoxy) is 2. The van der Waals surface area contributed by atoms with Crippen molar-refractivity contribution in [3.63, 3.8) is 0 Å². The average Bonchev–Trinajstić information content (AvgIpc) is 3.37. The van der Waals surface area contributed by atoms with Gasteiger partial charge >= 0.3 is 5.97 Å². The van der Waals surface area contributed by atoms with E-state index in [2.05, 4.69) is 15.5 Å².